The number of nitrogens with zero attached hydrogens (tertiary/aromatic N) is 3. The molecule has 3 atom stereocenters. The maximum absolute atomic E-state index is 13.8. The monoisotopic (exact) mass is 446 g/mol. The zero-order valence-corrected chi connectivity index (χ0v) is 20.1. The van der Waals surface area contributed by atoms with E-state index < -0.39 is 11.5 Å². The Kier molecular flexibility index (Phi) is 5.44. The first-order valence-electron chi connectivity index (χ1n) is 12.2. The van der Waals surface area contributed by atoms with Crippen LogP contribution in [0.5, 0.6) is 0 Å². The van der Waals surface area contributed by atoms with Crippen molar-refractivity contribution in [3.05, 3.63) is 53.6 Å². The third-order valence-corrected chi connectivity index (χ3v) is 8.06. The van der Waals surface area contributed by atoms with Crippen LogP contribution in [-0.2, 0) is 15.1 Å². The van der Waals surface area contributed by atoms with Crippen molar-refractivity contribution < 1.29 is 9.59 Å². The summed E-state index contributed by atoms with van der Waals surface area (Å²) in [6.07, 6.45) is 2.84. The number of aryl methyl sites for hydroxylation is 1. The fraction of sp³-hybridized carbons (Fsp3) is 0.481. The molecule has 2 amide bonds. The quantitative estimate of drug-likeness (QED) is 0.750. The van der Waals surface area contributed by atoms with Crippen LogP contribution < -0.4 is 15.1 Å². The van der Waals surface area contributed by atoms with Gasteiger partial charge < -0.3 is 15.1 Å². The Morgan fingerprint density at radius 2 is 1.94 bits per heavy atom. The number of carbonyl (C=O) groups is 2. The normalized spacial score (nSPS) is 26.1. The van der Waals surface area contributed by atoms with E-state index in [1.165, 1.54) is 0 Å². The van der Waals surface area contributed by atoms with Crippen LogP contribution in [-0.4, -0.2) is 49.4 Å². The Morgan fingerprint density at radius 3 is 2.67 bits per heavy atom. The largest absolute Gasteiger partial charge is 0.372 e. The molecule has 6 heteroatoms. The number of amides is 2. The van der Waals surface area contributed by atoms with E-state index in [-0.39, 0.29) is 17.9 Å². The van der Waals surface area contributed by atoms with Gasteiger partial charge in [0.15, 0.2) is 0 Å². The lowest BCUT2D eigenvalue weighted by molar-refractivity contribution is -0.136. The zero-order valence-electron chi connectivity index (χ0n) is 20.1. The van der Waals surface area contributed by atoms with E-state index in [4.69, 9.17) is 0 Å². The van der Waals surface area contributed by atoms with Gasteiger partial charge in [-0.3, -0.25) is 14.5 Å². The molecule has 0 aromatic heterocycles. The van der Waals surface area contributed by atoms with Crippen LogP contribution in [0.1, 0.15) is 44.2 Å². The number of anilines is 3. The maximum atomic E-state index is 13.8. The third-order valence-electron chi connectivity index (χ3n) is 8.06. The number of carbonyl (C=O) groups excluding carboxylic acids is 2. The number of rotatable bonds is 5. The SMILES string of the molecule is CCN(CC)c1ccc(NC(=O)C2CC3CCCN3C23C(=O)N(C)c2ccccc23)c(C)c1. The molecule has 2 aromatic rings. The molecule has 0 saturated carbocycles. The average molecular weight is 447 g/mol. The van der Waals surface area contributed by atoms with Gasteiger partial charge >= 0.3 is 0 Å². The second kappa shape index (κ2) is 8.17. The molecule has 1 N–H and O–H groups in total. The van der Waals surface area contributed by atoms with Crippen molar-refractivity contribution in [1.82, 2.24) is 4.90 Å². The molecule has 2 aromatic carbocycles. The predicted octanol–water partition coefficient (Wildman–Crippen LogP) is 4.14. The molecule has 5 rings (SSSR count). The van der Waals surface area contributed by atoms with E-state index in [0.717, 1.165) is 67.1 Å². The first-order chi connectivity index (χ1) is 15.9. The van der Waals surface area contributed by atoms with E-state index >= 15 is 0 Å². The summed E-state index contributed by atoms with van der Waals surface area (Å²) in [5, 5.41) is 3.21. The molecule has 6 nitrogen and oxygen atoms in total. The number of hydrogen-bond donors (Lipinski definition) is 1. The Bertz CT molecular complexity index is 1100. The first-order valence-corrected chi connectivity index (χ1v) is 12.2. The number of likely N-dealkylation sites (N-methyl/N-ethyl adjacent to an activating group) is 1. The molecule has 0 bridgehead atoms. The molecule has 3 unspecified atom stereocenters. The van der Waals surface area contributed by atoms with Gasteiger partial charge in [-0.25, -0.2) is 0 Å². The fourth-order valence-electron chi connectivity index (χ4n) is 6.46. The van der Waals surface area contributed by atoms with Gasteiger partial charge in [0.25, 0.3) is 5.91 Å². The molecule has 1 spiro atoms. The summed E-state index contributed by atoms with van der Waals surface area (Å²) >= 11 is 0. The van der Waals surface area contributed by atoms with Crippen molar-refractivity contribution in [1.29, 1.82) is 0 Å². The molecular formula is C27H34N4O2. The highest BCUT2D eigenvalue weighted by Gasteiger charge is 2.66. The lowest BCUT2D eigenvalue weighted by atomic mass is 9.78. The summed E-state index contributed by atoms with van der Waals surface area (Å²) in [5.41, 5.74) is 4.03. The van der Waals surface area contributed by atoms with Gasteiger partial charge in [-0.05, 0) is 76.4 Å². The minimum atomic E-state index is -0.897. The van der Waals surface area contributed by atoms with Crippen molar-refractivity contribution in [3.63, 3.8) is 0 Å². The molecule has 3 heterocycles. The van der Waals surface area contributed by atoms with E-state index in [1.807, 2.05) is 44.3 Å². The highest BCUT2D eigenvalue weighted by atomic mass is 16.2. The fourth-order valence-corrected chi connectivity index (χ4v) is 6.46. The summed E-state index contributed by atoms with van der Waals surface area (Å²) in [4.78, 5) is 34.1. The summed E-state index contributed by atoms with van der Waals surface area (Å²) in [7, 11) is 1.84. The number of benzene rings is 2. The first kappa shape index (κ1) is 22.0. The molecule has 2 fully saturated rings. The van der Waals surface area contributed by atoms with Crippen molar-refractivity contribution in [3.8, 4) is 0 Å². The standard InChI is InChI=1S/C27H34N4O2/c1-5-30(6-2)19-13-14-23(18(3)16-19)28-25(32)22-17-20-10-9-15-31(20)27(22)21-11-7-8-12-24(21)29(4)26(27)33/h7-8,11-14,16,20,22H,5-6,9-10,15,17H2,1-4H3,(H,28,32). The topological polar surface area (TPSA) is 55.9 Å². The van der Waals surface area contributed by atoms with Crippen LogP contribution >= 0.6 is 0 Å². The Balaban J connectivity index is 1.50. The van der Waals surface area contributed by atoms with Crippen molar-refractivity contribution in [2.45, 2.75) is 51.6 Å². The van der Waals surface area contributed by atoms with Gasteiger partial charge in [0.1, 0.15) is 5.54 Å². The smallest absolute Gasteiger partial charge is 0.252 e. The molecular weight excluding hydrogens is 412 g/mol. The Labute approximate surface area is 196 Å². The minimum Gasteiger partial charge on any atom is -0.372 e. The minimum absolute atomic E-state index is 0.0295. The molecule has 3 aliphatic rings. The van der Waals surface area contributed by atoms with Crippen molar-refractivity contribution in [2.24, 2.45) is 5.92 Å². The Hall–Kier alpha value is -2.86. The number of hydrogen-bond acceptors (Lipinski definition) is 4. The second-order valence-corrected chi connectivity index (χ2v) is 9.59. The second-order valence-electron chi connectivity index (χ2n) is 9.59. The van der Waals surface area contributed by atoms with Crippen LogP contribution in [0, 0.1) is 12.8 Å². The highest BCUT2D eigenvalue weighted by molar-refractivity contribution is 6.11. The molecule has 2 saturated heterocycles. The summed E-state index contributed by atoms with van der Waals surface area (Å²) in [6.45, 7) is 9.08. The van der Waals surface area contributed by atoms with Crippen LogP contribution in [0.4, 0.5) is 17.1 Å². The molecule has 0 radical (unpaired) electrons. The summed E-state index contributed by atoms with van der Waals surface area (Å²) in [5.74, 6) is -0.438. The summed E-state index contributed by atoms with van der Waals surface area (Å²) in [6, 6.07) is 14.5. The molecule has 33 heavy (non-hydrogen) atoms. The lowest BCUT2D eigenvalue weighted by Gasteiger charge is -2.37. The van der Waals surface area contributed by atoms with Gasteiger partial charge in [-0.2, -0.15) is 0 Å². The third kappa shape index (κ3) is 3.11. The Morgan fingerprint density at radius 1 is 1.18 bits per heavy atom. The average Bonchev–Trinajstić information content (AvgIpc) is 3.46. The number of nitrogens with one attached hydrogen (secondary N) is 1. The lowest BCUT2D eigenvalue weighted by Crippen LogP contribution is -2.55. The predicted molar refractivity (Wildman–Crippen MR) is 133 cm³/mol. The van der Waals surface area contributed by atoms with E-state index in [2.05, 4.69) is 41.1 Å². The van der Waals surface area contributed by atoms with E-state index in [0.29, 0.717) is 0 Å². The van der Waals surface area contributed by atoms with Crippen molar-refractivity contribution >= 4 is 28.9 Å². The summed E-state index contributed by atoms with van der Waals surface area (Å²) < 4.78 is 0. The van der Waals surface area contributed by atoms with E-state index in [9.17, 15) is 9.59 Å². The van der Waals surface area contributed by atoms with Crippen LogP contribution in [0.15, 0.2) is 42.5 Å². The van der Waals surface area contributed by atoms with Gasteiger partial charge in [0, 0.05) is 48.8 Å². The van der Waals surface area contributed by atoms with Crippen LogP contribution in [0.25, 0.3) is 0 Å². The highest BCUT2D eigenvalue weighted by Crippen LogP contribution is 2.56. The van der Waals surface area contributed by atoms with Gasteiger partial charge in [-0.1, -0.05) is 18.2 Å². The molecule has 3 aliphatic heterocycles. The van der Waals surface area contributed by atoms with Crippen molar-refractivity contribution in [2.75, 3.05) is 41.8 Å². The zero-order chi connectivity index (χ0) is 23.3. The number of para-hydroxylation sites is 1. The number of fused-ring (bicyclic) bond motifs is 4. The molecule has 0 aliphatic carbocycles. The molecule has 174 valence electrons. The van der Waals surface area contributed by atoms with Gasteiger partial charge in [0.2, 0.25) is 5.91 Å². The van der Waals surface area contributed by atoms with E-state index in [1.54, 1.807) is 4.90 Å². The van der Waals surface area contributed by atoms with Crippen LogP contribution in [0.3, 0.4) is 0 Å². The van der Waals surface area contributed by atoms with Gasteiger partial charge in [-0.15, -0.1) is 0 Å². The maximum Gasteiger partial charge on any atom is 0.252 e. The van der Waals surface area contributed by atoms with Gasteiger partial charge in [0.05, 0.1) is 5.92 Å². The van der Waals surface area contributed by atoms with Crippen LogP contribution in [0.2, 0.25) is 0 Å².